The molecule has 0 saturated carbocycles. The Morgan fingerprint density at radius 2 is 1.90 bits per heavy atom. The second-order valence-electron chi connectivity index (χ2n) is 5.30. The Bertz CT molecular complexity index is 408. The molecule has 1 aromatic carbocycles. The highest BCUT2D eigenvalue weighted by molar-refractivity contribution is 5.29. The first-order chi connectivity index (χ1) is 9.67. The summed E-state index contributed by atoms with van der Waals surface area (Å²) in [7, 11) is 0. The summed E-state index contributed by atoms with van der Waals surface area (Å²) >= 11 is 0. The van der Waals surface area contributed by atoms with E-state index in [1.54, 1.807) is 0 Å². The van der Waals surface area contributed by atoms with E-state index in [4.69, 9.17) is 10.00 Å². The Labute approximate surface area is 123 Å². The Kier molecular flexibility index (Phi) is 7.75. The minimum atomic E-state index is 0.0988. The van der Waals surface area contributed by atoms with Crippen LogP contribution in [0.2, 0.25) is 0 Å². The van der Waals surface area contributed by atoms with E-state index in [2.05, 4.69) is 38.2 Å². The number of ether oxygens (including phenoxy) is 1. The van der Waals surface area contributed by atoms with Crippen molar-refractivity contribution < 1.29 is 4.74 Å². The third kappa shape index (κ3) is 6.08. The average Bonchev–Trinajstić information content (AvgIpc) is 2.46. The zero-order chi connectivity index (χ0) is 14.8. The van der Waals surface area contributed by atoms with E-state index in [1.165, 1.54) is 31.2 Å². The molecule has 110 valence electrons. The van der Waals surface area contributed by atoms with Crippen LogP contribution in [0.3, 0.4) is 0 Å². The average molecular weight is 274 g/mol. The van der Waals surface area contributed by atoms with Gasteiger partial charge in [-0.3, -0.25) is 0 Å². The molecule has 3 nitrogen and oxygen atoms in total. The molecule has 0 aromatic heterocycles. The van der Waals surface area contributed by atoms with Gasteiger partial charge in [0.2, 0.25) is 0 Å². The molecule has 0 aliphatic rings. The largest absolute Gasteiger partial charge is 0.479 e. The van der Waals surface area contributed by atoms with Crippen LogP contribution >= 0.6 is 0 Å². The van der Waals surface area contributed by atoms with Crippen molar-refractivity contribution in [2.75, 3.05) is 6.61 Å². The molecule has 1 rings (SSSR count). The summed E-state index contributed by atoms with van der Waals surface area (Å²) in [4.78, 5) is 0. The van der Waals surface area contributed by atoms with Crippen molar-refractivity contribution in [1.29, 1.82) is 5.26 Å². The van der Waals surface area contributed by atoms with E-state index in [-0.39, 0.29) is 6.61 Å². The van der Waals surface area contributed by atoms with Crippen LogP contribution < -0.4 is 10.1 Å². The number of nitriles is 1. The second-order valence-corrected chi connectivity index (χ2v) is 5.30. The van der Waals surface area contributed by atoms with Gasteiger partial charge in [0.25, 0.3) is 0 Å². The molecule has 0 saturated heterocycles. The van der Waals surface area contributed by atoms with Crippen molar-refractivity contribution in [2.24, 2.45) is 0 Å². The van der Waals surface area contributed by atoms with Gasteiger partial charge in [0, 0.05) is 12.1 Å². The SMILES string of the molecule is CCCCCC(C)NC(C)c1ccc(OCC#N)cc1. The number of unbranched alkanes of at least 4 members (excludes halogenated alkanes) is 2. The molecule has 20 heavy (non-hydrogen) atoms. The van der Waals surface area contributed by atoms with E-state index >= 15 is 0 Å². The zero-order valence-electron chi connectivity index (χ0n) is 12.9. The summed E-state index contributed by atoms with van der Waals surface area (Å²) in [6, 6.07) is 10.8. The van der Waals surface area contributed by atoms with Crippen molar-refractivity contribution >= 4 is 0 Å². The molecule has 0 fully saturated rings. The van der Waals surface area contributed by atoms with E-state index in [1.807, 2.05) is 18.2 Å². The van der Waals surface area contributed by atoms with Crippen molar-refractivity contribution in [2.45, 2.75) is 58.5 Å². The monoisotopic (exact) mass is 274 g/mol. The first-order valence-electron chi connectivity index (χ1n) is 7.53. The maximum Gasteiger partial charge on any atom is 0.174 e. The van der Waals surface area contributed by atoms with E-state index in [9.17, 15) is 0 Å². The van der Waals surface area contributed by atoms with Gasteiger partial charge in [0.05, 0.1) is 0 Å². The van der Waals surface area contributed by atoms with Crippen molar-refractivity contribution in [3.63, 3.8) is 0 Å². The summed E-state index contributed by atoms with van der Waals surface area (Å²) in [5.41, 5.74) is 1.25. The van der Waals surface area contributed by atoms with Crippen LogP contribution in [0.4, 0.5) is 0 Å². The minimum absolute atomic E-state index is 0.0988. The highest BCUT2D eigenvalue weighted by atomic mass is 16.5. The van der Waals surface area contributed by atoms with Gasteiger partial charge in [0.15, 0.2) is 6.61 Å². The van der Waals surface area contributed by atoms with Gasteiger partial charge in [-0.1, -0.05) is 38.3 Å². The van der Waals surface area contributed by atoms with E-state index in [0.29, 0.717) is 12.1 Å². The normalized spacial score (nSPS) is 13.5. The Morgan fingerprint density at radius 1 is 1.20 bits per heavy atom. The number of nitrogens with one attached hydrogen (secondary N) is 1. The lowest BCUT2D eigenvalue weighted by Gasteiger charge is -2.20. The first kappa shape index (κ1) is 16.5. The molecular weight excluding hydrogens is 248 g/mol. The number of hydrogen-bond acceptors (Lipinski definition) is 3. The minimum Gasteiger partial charge on any atom is -0.479 e. The van der Waals surface area contributed by atoms with Gasteiger partial charge in [-0.05, 0) is 38.0 Å². The van der Waals surface area contributed by atoms with Crippen LogP contribution in [0, 0.1) is 11.3 Å². The molecule has 3 heteroatoms. The van der Waals surface area contributed by atoms with Gasteiger partial charge in [-0.15, -0.1) is 0 Å². The summed E-state index contributed by atoms with van der Waals surface area (Å²) in [6.45, 7) is 6.76. The topological polar surface area (TPSA) is 45.0 Å². The third-order valence-electron chi connectivity index (χ3n) is 3.46. The lowest BCUT2D eigenvalue weighted by atomic mass is 10.1. The maximum atomic E-state index is 8.47. The molecule has 0 amide bonds. The lowest BCUT2D eigenvalue weighted by Crippen LogP contribution is -2.28. The number of nitrogens with zero attached hydrogens (tertiary/aromatic N) is 1. The fraction of sp³-hybridized carbons (Fsp3) is 0.588. The number of benzene rings is 1. The molecule has 2 atom stereocenters. The molecule has 1 N–H and O–H groups in total. The van der Waals surface area contributed by atoms with Crippen LogP contribution in [-0.4, -0.2) is 12.6 Å². The second kappa shape index (κ2) is 9.39. The third-order valence-corrected chi connectivity index (χ3v) is 3.46. The van der Waals surface area contributed by atoms with Crippen LogP contribution in [0.25, 0.3) is 0 Å². The Morgan fingerprint density at radius 3 is 2.50 bits per heavy atom. The standard InChI is InChI=1S/C17H26N2O/c1-4-5-6-7-14(2)19-15(3)16-8-10-17(11-9-16)20-13-12-18/h8-11,14-15,19H,4-7,13H2,1-3H3. The summed E-state index contributed by atoms with van der Waals surface area (Å²) < 4.78 is 5.25. The Balaban J connectivity index is 2.42. The fourth-order valence-electron chi connectivity index (χ4n) is 2.28. The van der Waals surface area contributed by atoms with Crippen molar-refractivity contribution in [3.05, 3.63) is 29.8 Å². The van der Waals surface area contributed by atoms with Crippen molar-refractivity contribution in [1.82, 2.24) is 5.32 Å². The highest BCUT2D eigenvalue weighted by Crippen LogP contribution is 2.18. The van der Waals surface area contributed by atoms with Crippen molar-refractivity contribution in [3.8, 4) is 11.8 Å². The Hall–Kier alpha value is -1.53. The smallest absolute Gasteiger partial charge is 0.174 e. The van der Waals surface area contributed by atoms with Crippen LogP contribution in [0.15, 0.2) is 24.3 Å². The summed E-state index contributed by atoms with van der Waals surface area (Å²) in [6.07, 6.45) is 5.09. The molecule has 2 unspecified atom stereocenters. The summed E-state index contributed by atoms with van der Waals surface area (Å²) in [5, 5.41) is 12.1. The highest BCUT2D eigenvalue weighted by Gasteiger charge is 2.09. The fourth-order valence-corrected chi connectivity index (χ4v) is 2.28. The molecule has 1 aromatic rings. The van der Waals surface area contributed by atoms with E-state index < -0.39 is 0 Å². The molecule has 0 radical (unpaired) electrons. The predicted molar refractivity (Wildman–Crippen MR) is 82.7 cm³/mol. The van der Waals surface area contributed by atoms with Gasteiger partial charge >= 0.3 is 0 Å². The lowest BCUT2D eigenvalue weighted by molar-refractivity contribution is 0.367. The number of rotatable bonds is 9. The molecular formula is C17H26N2O. The zero-order valence-corrected chi connectivity index (χ0v) is 12.9. The van der Waals surface area contributed by atoms with Gasteiger partial charge in [0.1, 0.15) is 11.8 Å². The molecule has 0 aliphatic heterocycles. The van der Waals surface area contributed by atoms with Crippen LogP contribution in [0.5, 0.6) is 5.75 Å². The summed E-state index contributed by atoms with van der Waals surface area (Å²) in [5.74, 6) is 0.749. The van der Waals surface area contributed by atoms with Crippen LogP contribution in [0.1, 0.15) is 58.1 Å². The van der Waals surface area contributed by atoms with Gasteiger partial charge < -0.3 is 10.1 Å². The molecule has 0 heterocycles. The first-order valence-corrected chi connectivity index (χ1v) is 7.53. The number of hydrogen-bond donors (Lipinski definition) is 1. The van der Waals surface area contributed by atoms with Gasteiger partial charge in [-0.2, -0.15) is 5.26 Å². The molecule has 0 spiro atoms. The molecule has 0 bridgehead atoms. The maximum absolute atomic E-state index is 8.47. The molecule has 0 aliphatic carbocycles. The quantitative estimate of drug-likeness (QED) is 0.686. The van der Waals surface area contributed by atoms with E-state index in [0.717, 1.165) is 5.75 Å². The van der Waals surface area contributed by atoms with Crippen LogP contribution in [-0.2, 0) is 0 Å². The van der Waals surface area contributed by atoms with Gasteiger partial charge in [-0.25, -0.2) is 0 Å². The predicted octanol–water partition coefficient (Wildman–Crippen LogP) is 4.21.